The van der Waals surface area contributed by atoms with E-state index in [1.54, 1.807) is 13.0 Å². The smallest absolute Gasteiger partial charge is 0.256 e. The van der Waals surface area contributed by atoms with Crippen LogP contribution in [-0.2, 0) is 14.4 Å². The molecule has 8 heteroatoms. The normalized spacial score (nSPS) is 17.8. The van der Waals surface area contributed by atoms with Crippen molar-refractivity contribution < 1.29 is 23.6 Å². The Morgan fingerprint density at radius 1 is 1.00 bits per heavy atom. The van der Waals surface area contributed by atoms with E-state index >= 15 is 0 Å². The summed E-state index contributed by atoms with van der Waals surface area (Å²) >= 11 is 0. The maximum absolute atomic E-state index is 13.9. The van der Waals surface area contributed by atoms with E-state index in [4.69, 9.17) is 0 Å². The first kappa shape index (κ1) is 18.0. The number of carbonyl (C=O) groups excluding carboxylic acids is 4. The summed E-state index contributed by atoms with van der Waals surface area (Å²) in [5.41, 5.74) is 0.821. The molecule has 3 rings (SSSR count). The molecule has 0 saturated carbocycles. The zero-order chi connectivity index (χ0) is 18.8. The minimum Gasteiger partial charge on any atom is -0.338 e. The second-order valence-corrected chi connectivity index (χ2v) is 6.53. The molecular formula is C18H20FN3O4. The molecule has 2 aliphatic rings. The van der Waals surface area contributed by atoms with Crippen LogP contribution in [-0.4, -0.2) is 71.1 Å². The highest BCUT2D eigenvalue weighted by Gasteiger charge is 2.33. The molecule has 0 unspecified atom stereocenters. The molecule has 0 spiro atoms. The lowest BCUT2D eigenvalue weighted by Gasteiger charge is -2.35. The monoisotopic (exact) mass is 361 g/mol. The van der Waals surface area contributed by atoms with Crippen molar-refractivity contribution in [2.24, 2.45) is 0 Å². The van der Waals surface area contributed by atoms with Crippen molar-refractivity contribution in [1.82, 2.24) is 14.7 Å². The van der Waals surface area contributed by atoms with E-state index in [9.17, 15) is 23.6 Å². The molecule has 26 heavy (non-hydrogen) atoms. The second-order valence-electron chi connectivity index (χ2n) is 6.53. The van der Waals surface area contributed by atoms with Crippen LogP contribution in [0.4, 0.5) is 4.39 Å². The maximum Gasteiger partial charge on any atom is 0.256 e. The number of likely N-dealkylation sites (tertiary alicyclic amines) is 1. The van der Waals surface area contributed by atoms with Crippen LogP contribution in [0, 0.1) is 12.7 Å². The summed E-state index contributed by atoms with van der Waals surface area (Å²) in [6.45, 7) is 2.66. The van der Waals surface area contributed by atoms with Crippen LogP contribution in [0.5, 0.6) is 0 Å². The van der Waals surface area contributed by atoms with Gasteiger partial charge in [0.1, 0.15) is 12.4 Å². The molecule has 138 valence electrons. The number of carbonyl (C=O) groups is 4. The molecule has 2 saturated heterocycles. The number of rotatable bonds is 3. The minimum absolute atomic E-state index is 0.0260. The van der Waals surface area contributed by atoms with E-state index in [2.05, 4.69) is 0 Å². The van der Waals surface area contributed by atoms with Gasteiger partial charge in [0.15, 0.2) is 0 Å². The molecule has 0 atom stereocenters. The standard InChI is InChI=1S/C18H20FN3O4/c1-12-2-3-14(19)13(10-12)18(26)21-8-6-20(7-9-21)17(25)11-22-15(23)4-5-16(22)24/h2-3,10H,4-9,11H2,1H3. The van der Waals surface area contributed by atoms with Gasteiger partial charge < -0.3 is 9.80 Å². The third kappa shape index (κ3) is 3.58. The molecular weight excluding hydrogens is 341 g/mol. The third-order valence-electron chi connectivity index (χ3n) is 4.72. The Hall–Kier alpha value is -2.77. The summed E-state index contributed by atoms with van der Waals surface area (Å²) in [5.74, 6) is -1.94. The van der Waals surface area contributed by atoms with E-state index in [1.165, 1.54) is 21.9 Å². The van der Waals surface area contributed by atoms with Crippen molar-refractivity contribution >= 4 is 23.6 Å². The van der Waals surface area contributed by atoms with E-state index in [-0.39, 0.29) is 68.9 Å². The first-order valence-corrected chi connectivity index (χ1v) is 8.53. The first-order valence-electron chi connectivity index (χ1n) is 8.53. The fraction of sp³-hybridized carbons (Fsp3) is 0.444. The molecule has 0 radical (unpaired) electrons. The van der Waals surface area contributed by atoms with Gasteiger partial charge in [0.2, 0.25) is 17.7 Å². The highest BCUT2D eigenvalue weighted by Crippen LogP contribution is 2.16. The van der Waals surface area contributed by atoms with E-state index in [0.717, 1.165) is 10.5 Å². The Bertz CT molecular complexity index is 756. The van der Waals surface area contributed by atoms with E-state index in [0.29, 0.717) is 0 Å². The van der Waals surface area contributed by atoms with Gasteiger partial charge in [-0.15, -0.1) is 0 Å². The van der Waals surface area contributed by atoms with Crippen molar-refractivity contribution in [2.75, 3.05) is 32.7 Å². The molecule has 1 aromatic rings. The van der Waals surface area contributed by atoms with Crippen LogP contribution in [0.3, 0.4) is 0 Å². The Morgan fingerprint density at radius 3 is 2.19 bits per heavy atom. The molecule has 2 fully saturated rings. The van der Waals surface area contributed by atoms with Gasteiger partial charge >= 0.3 is 0 Å². The van der Waals surface area contributed by atoms with E-state index in [1.807, 2.05) is 0 Å². The highest BCUT2D eigenvalue weighted by molar-refractivity contribution is 6.04. The number of amides is 4. The number of benzene rings is 1. The van der Waals surface area contributed by atoms with Crippen LogP contribution < -0.4 is 0 Å². The van der Waals surface area contributed by atoms with Gasteiger partial charge in [-0.3, -0.25) is 24.1 Å². The third-order valence-corrected chi connectivity index (χ3v) is 4.72. The van der Waals surface area contributed by atoms with Gasteiger partial charge in [0.25, 0.3) is 5.91 Å². The second kappa shape index (κ2) is 7.23. The van der Waals surface area contributed by atoms with E-state index < -0.39 is 11.7 Å². The largest absolute Gasteiger partial charge is 0.338 e. The summed E-state index contributed by atoms with van der Waals surface area (Å²) in [6, 6.07) is 4.38. The van der Waals surface area contributed by atoms with Gasteiger partial charge in [-0.25, -0.2) is 4.39 Å². The number of hydrogen-bond acceptors (Lipinski definition) is 4. The van der Waals surface area contributed by atoms with Crippen molar-refractivity contribution in [3.8, 4) is 0 Å². The lowest BCUT2D eigenvalue weighted by Crippen LogP contribution is -2.53. The number of imide groups is 1. The van der Waals surface area contributed by atoms with Gasteiger partial charge in [0, 0.05) is 39.0 Å². The number of nitrogens with zero attached hydrogens (tertiary/aromatic N) is 3. The lowest BCUT2D eigenvalue weighted by molar-refractivity contribution is -0.146. The summed E-state index contributed by atoms with van der Waals surface area (Å²) in [4.78, 5) is 52.0. The van der Waals surface area contributed by atoms with Gasteiger partial charge in [-0.2, -0.15) is 0 Å². The molecule has 2 heterocycles. The van der Waals surface area contributed by atoms with Crippen molar-refractivity contribution in [3.63, 3.8) is 0 Å². The molecule has 0 aliphatic carbocycles. The Labute approximate surface area is 150 Å². The molecule has 0 N–H and O–H groups in total. The Balaban J connectivity index is 1.58. The summed E-state index contributed by atoms with van der Waals surface area (Å²) in [7, 11) is 0. The maximum atomic E-state index is 13.9. The fourth-order valence-electron chi connectivity index (χ4n) is 3.17. The van der Waals surface area contributed by atoms with Crippen LogP contribution >= 0.6 is 0 Å². The van der Waals surface area contributed by atoms with Crippen LogP contribution in [0.25, 0.3) is 0 Å². The summed E-state index contributed by atoms with van der Waals surface area (Å²) in [5, 5.41) is 0. The average molecular weight is 361 g/mol. The van der Waals surface area contributed by atoms with Crippen molar-refractivity contribution in [2.45, 2.75) is 19.8 Å². The SMILES string of the molecule is Cc1ccc(F)c(C(=O)N2CCN(C(=O)CN3C(=O)CCC3=O)CC2)c1. The van der Waals surface area contributed by atoms with Crippen LogP contribution in [0.15, 0.2) is 18.2 Å². The summed E-state index contributed by atoms with van der Waals surface area (Å²) < 4.78 is 13.9. The topological polar surface area (TPSA) is 78.0 Å². The molecule has 0 aromatic heterocycles. The minimum atomic E-state index is -0.565. The average Bonchev–Trinajstić information content (AvgIpc) is 2.95. The van der Waals surface area contributed by atoms with Crippen molar-refractivity contribution in [1.29, 1.82) is 0 Å². The quantitative estimate of drug-likeness (QED) is 0.738. The van der Waals surface area contributed by atoms with Crippen molar-refractivity contribution in [3.05, 3.63) is 35.1 Å². The number of halogens is 1. The lowest BCUT2D eigenvalue weighted by atomic mass is 10.1. The number of aryl methyl sites for hydroxylation is 1. The molecule has 4 amide bonds. The number of piperazine rings is 1. The fourth-order valence-corrected chi connectivity index (χ4v) is 3.17. The Kier molecular flexibility index (Phi) is 5.01. The predicted octanol–water partition coefficient (Wildman–Crippen LogP) is 0.568. The first-order chi connectivity index (χ1) is 12.4. The van der Waals surface area contributed by atoms with Crippen LogP contribution in [0.1, 0.15) is 28.8 Å². The summed E-state index contributed by atoms with van der Waals surface area (Å²) in [6.07, 6.45) is 0.299. The highest BCUT2D eigenvalue weighted by atomic mass is 19.1. The van der Waals surface area contributed by atoms with Gasteiger partial charge in [-0.1, -0.05) is 11.6 Å². The number of hydrogen-bond donors (Lipinski definition) is 0. The molecule has 0 bridgehead atoms. The zero-order valence-electron chi connectivity index (χ0n) is 14.5. The van der Waals surface area contributed by atoms with Gasteiger partial charge in [0.05, 0.1) is 5.56 Å². The van der Waals surface area contributed by atoms with Gasteiger partial charge in [-0.05, 0) is 19.1 Å². The zero-order valence-corrected chi connectivity index (χ0v) is 14.5. The molecule has 1 aromatic carbocycles. The molecule has 7 nitrogen and oxygen atoms in total. The van der Waals surface area contributed by atoms with Crippen LogP contribution in [0.2, 0.25) is 0 Å². The predicted molar refractivity (Wildman–Crippen MR) is 89.6 cm³/mol. The Morgan fingerprint density at radius 2 is 1.58 bits per heavy atom. The molecule has 2 aliphatic heterocycles.